The lowest BCUT2D eigenvalue weighted by molar-refractivity contribution is -0.157. The van der Waals surface area contributed by atoms with E-state index in [2.05, 4.69) is 20.6 Å². The van der Waals surface area contributed by atoms with Crippen molar-refractivity contribution >= 4 is 28.9 Å². The normalized spacial score (nSPS) is 16.4. The molecule has 1 aromatic heterocycles. The van der Waals surface area contributed by atoms with Crippen LogP contribution in [0.15, 0.2) is 18.2 Å². The zero-order valence-electron chi connectivity index (χ0n) is 17.5. The molecule has 2 aromatic rings. The number of hydrogen-bond donors (Lipinski definition) is 3. The second-order valence-corrected chi connectivity index (χ2v) is 8.28. The minimum atomic E-state index is -0.563. The van der Waals surface area contributed by atoms with Crippen LogP contribution in [-0.4, -0.2) is 53.2 Å². The van der Waals surface area contributed by atoms with Crippen molar-refractivity contribution in [2.24, 2.45) is 5.92 Å². The summed E-state index contributed by atoms with van der Waals surface area (Å²) in [6.07, 6.45) is 1.76. The van der Waals surface area contributed by atoms with Crippen LogP contribution in [0.25, 0.3) is 11.0 Å². The number of hydrogen-bond acceptors (Lipinski definition) is 7. The van der Waals surface area contributed by atoms with Gasteiger partial charge < -0.3 is 25.1 Å². The largest absolute Gasteiger partial charge is 0.462 e. The molecule has 0 saturated carbocycles. The van der Waals surface area contributed by atoms with Gasteiger partial charge in [0.1, 0.15) is 11.6 Å². The van der Waals surface area contributed by atoms with Gasteiger partial charge in [-0.1, -0.05) is 0 Å². The molecule has 3 rings (SSSR count). The van der Waals surface area contributed by atoms with Crippen molar-refractivity contribution in [3.63, 3.8) is 0 Å². The number of ether oxygens (including phenoxy) is 2. The summed E-state index contributed by atoms with van der Waals surface area (Å²) >= 11 is 0. The van der Waals surface area contributed by atoms with Crippen LogP contribution >= 0.6 is 0 Å². The Morgan fingerprint density at radius 3 is 2.66 bits per heavy atom. The molecule has 158 valence electrons. The number of aromatic nitrogens is 2. The van der Waals surface area contributed by atoms with Gasteiger partial charge in [-0.2, -0.15) is 0 Å². The quantitative estimate of drug-likeness (QED) is 0.638. The smallest absolute Gasteiger partial charge is 0.338 e. The van der Waals surface area contributed by atoms with Gasteiger partial charge in [0.05, 0.1) is 23.2 Å². The Kier molecular flexibility index (Phi) is 6.42. The Morgan fingerprint density at radius 1 is 1.28 bits per heavy atom. The van der Waals surface area contributed by atoms with Crippen LogP contribution < -0.4 is 10.6 Å². The summed E-state index contributed by atoms with van der Waals surface area (Å²) in [5.41, 5.74) is 1.29. The fourth-order valence-corrected chi connectivity index (χ4v) is 3.48. The summed E-state index contributed by atoms with van der Waals surface area (Å²) in [5, 5.41) is 6.57. The number of aromatic amines is 1. The number of piperidine rings is 1. The van der Waals surface area contributed by atoms with E-state index in [9.17, 15) is 9.59 Å². The Balaban J connectivity index is 1.83. The molecule has 0 spiro atoms. The van der Waals surface area contributed by atoms with Crippen molar-refractivity contribution in [3.8, 4) is 0 Å². The number of anilines is 1. The Labute approximate surface area is 170 Å². The number of rotatable bonds is 6. The van der Waals surface area contributed by atoms with Crippen LogP contribution in [0.2, 0.25) is 0 Å². The number of imidazole rings is 1. The molecule has 29 heavy (non-hydrogen) atoms. The van der Waals surface area contributed by atoms with E-state index in [4.69, 9.17) is 9.47 Å². The fourth-order valence-electron chi connectivity index (χ4n) is 3.48. The number of carbonyl (C=O) groups is 2. The maximum Gasteiger partial charge on any atom is 0.338 e. The van der Waals surface area contributed by atoms with Gasteiger partial charge in [0, 0.05) is 0 Å². The van der Waals surface area contributed by atoms with Crippen LogP contribution in [0, 0.1) is 5.92 Å². The second kappa shape index (κ2) is 8.82. The third-order valence-corrected chi connectivity index (χ3v) is 4.80. The van der Waals surface area contributed by atoms with E-state index in [1.807, 2.05) is 20.8 Å². The summed E-state index contributed by atoms with van der Waals surface area (Å²) in [6.45, 7) is 9.42. The van der Waals surface area contributed by atoms with Gasteiger partial charge in [0.2, 0.25) is 5.95 Å². The monoisotopic (exact) mass is 402 g/mol. The van der Waals surface area contributed by atoms with E-state index in [1.165, 1.54) is 0 Å². The van der Waals surface area contributed by atoms with Crippen LogP contribution in [0.1, 0.15) is 50.9 Å². The highest BCUT2D eigenvalue weighted by atomic mass is 16.6. The van der Waals surface area contributed by atoms with Gasteiger partial charge >= 0.3 is 11.9 Å². The zero-order chi connectivity index (χ0) is 21.0. The van der Waals surface area contributed by atoms with Gasteiger partial charge in [0.15, 0.2) is 0 Å². The summed E-state index contributed by atoms with van der Waals surface area (Å²) in [4.78, 5) is 32.5. The van der Waals surface area contributed by atoms with Gasteiger partial charge in [-0.15, -0.1) is 0 Å². The molecule has 8 nitrogen and oxygen atoms in total. The number of fused-ring (bicyclic) bond motifs is 1. The highest BCUT2D eigenvalue weighted by molar-refractivity contribution is 5.94. The van der Waals surface area contributed by atoms with Gasteiger partial charge in [-0.3, -0.25) is 0 Å². The van der Waals surface area contributed by atoms with E-state index < -0.39 is 11.6 Å². The molecule has 8 heteroatoms. The van der Waals surface area contributed by atoms with Crippen LogP contribution in [-0.2, 0) is 14.3 Å². The molecule has 0 radical (unpaired) electrons. The molecule has 1 aliphatic heterocycles. The van der Waals surface area contributed by atoms with E-state index in [1.54, 1.807) is 25.1 Å². The first kappa shape index (κ1) is 21.1. The molecule has 0 aliphatic carbocycles. The molecule has 1 saturated heterocycles. The van der Waals surface area contributed by atoms with Gasteiger partial charge in [0.25, 0.3) is 0 Å². The average molecular weight is 402 g/mol. The van der Waals surface area contributed by atoms with Crippen molar-refractivity contribution in [1.29, 1.82) is 0 Å². The summed E-state index contributed by atoms with van der Waals surface area (Å²) < 4.78 is 10.7. The number of nitrogens with zero attached hydrogens (tertiary/aromatic N) is 1. The molecule has 1 unspecified atom stereocenters. The maximum atomic E-state index is 12.9. The summed E-state index contributed by atoms with van der Waals surface area (Å²) in [5.74, 6) is -0.0262. The fraction of sp³-hybridized carbons (Fsp3) is 0.571. The third-order valence-electron chi connectivity index (χ3n) is 4.80. The third kappa shape index (κ3) is 5.47. The average Bonchev–Trinajstić information content (AvgIpc) is 3.07. The Morgan fingerprint density at radius 2 is 2.00 bits per heavy atom. The van der Waals surface area contributed by atoms with Crippen molar-refractivity contribution in [3.05, 3.63) is 23.8 Å². The van der Waals surface area contributed by atoms with Crippen LogP contribution in [0.4, 0.5) is 5.95 Å². The molecule has 0 amide bonds. The van der Waals surface area contributed by atoms with Gasteiger partial charge in [-0.05, 0) is 77.7 Å². The number of benzene rings is 1. The highest BCUT2D eigenvalue weighted by Gasteiger charge is 2.33. The summed E-state index contributed by atoms with van der Waals surface area (Å²) in [6, 6.07) is 4.65. The van der Waals surface area contributed by atoms with Crippen LogP contribution in [0.3, 0.4) is 0 Å². The zero-order valence-corrected chi connectivity index (χ0v) is 17.5. The first-order chi connectivity index (χ1) is 13.8. The van der Waals surface area contributed by atoms with E-state index in [0.29, 0.717) is 29.2 Å². The molecule has 1 fully saturated rings. The number of H-pyrrole nitrogens is 1. The number of nitrogens with one attached hydrogen (secondary N) is 3. The Hall–Kier alpha value is -2.61. The van der Waals surface area contributed by atoms with Gasteiger partial charge in [-0.25, -0.2) is 14.6 Å². The van der Waals surface area contributed by atoms with Crippen molar-refractivity contribution in [1.82, 2.24) is 15.3 Å². The second-order valence-electron chi connectivity index (χ2n) is 8.28. The lowest BCUT2D eigenvalue weighted by atomic mass is 9.90. The topological polar surface area (TPSA) is 105 Å². The molecule has 1 aliphatic rings. The van der Waals surface area contributed by atoms with Crippen molar-refractivity contribution < 1.29 is 19.1 Å². The molecular formula is C21H30N4O4. The molecule has 1 atom stereocenters. The predicted molar refractivity (Wildman–Crippen MR) is 111 cm³/mol. The standard InChI is InChI=1S/C21H30N4O4/c1-5-28-18(26)14-6-7-15-16(12-14)24-20(23-15)25-17(13-8-10-22-11-9-13)19(27)29-21(2,3)4/h6-7,12-13,17,22H,5,8-11H2,1-4H3,(H2,23,24,25). The van der Waals surface area contributed by atoms with Crippen molar-refractivity contribution in [2.75, 3.05) is 25.0 Å². The first-order valence-corrected chi connectivity index (χ1v) is 10.1. The van der Waals surface area contributed by atoms with E-state index >= 15 is 0 Å². The molecular weight excluding hydrogens is 372 g/mol. The lowest BCUT2D eigenvalue weighted by Gasteiger charge is -2.32. The highest BCUT2D eigenvalue weighted by Crippen LogP contribution is 2.24. The number of carbonyl (C=O) groups excluding carboxylic acids is 2. The number of esters is 2. The molecule has 3 N–H and O–H groups in total. The molecule has 1 aromatic carbocycles. The van der Waals surface area contributed by atoms with Crippen molar-refractivity contribution in [2.45, 2.75) is 52.2 Å². The SMILES string of the molecule is CCOC(=O)c1ccc2nc(NC(C(=O)OC(C)(C)C)C3CCNCC3)[nH]c2c1. The molecule has 2 heterocycles. The minimum Gasteiger partial charge on any atom is -0.462 e. The van der Waals surface area contributed by atoms with E-state index in [0.717, 1.165) is 25.9 Å². The Bertz CT molecular complexity index is 865. The summed E-state index contributed by atoms with van der Waals surface area (Å²) in [7, 11) is 0. The maximum absolute atomic E-state index is 12.9. The van der Waals surface area contributed by atoms with E-state index in [-0.39, 0.29) is 17.9 Å². The molecule has 0 bridgehead atoms. The minimum absolute atomic E-state index is 0.148. The first-order valence-electron chi connectivity index (χ1n) is 10.1. The predicted octanol–water partition coefficient (Wildman–Crippen LogP) is 2.86. The van der Waals surface area contributed by atoms with Crippen LogP contribution in [0.5, 0.6) is 0 Å². The lowest BCUT2D eigenvalue weighted by Crippen LogP contribution is -2.45.